The van der Waals surface area contributed by atoms with E-state index in [4.69, 9.17) is 0 Å². The van der Waals surface area contributed by atoms with Gasteiger partial charge in [-0.2, -0.15) is 0 Å². The fourth-order valence-corrected chi connectivity index (χ4v) is 2.82. The van der Waals surface area contributed by atoms with Gasteiger partial charge in [0.2, 0.25) is 0 Å². The van der Waals surface area contributed by atoms with E-state index >= 15 is 0 Å². The van der Waals surface area contributed by atoms with Crippen LogP contribution in [-0.4, -0.2) is 37.1 Å². The minimum atomic E-state index is 0.0347. The van der Waals surface area contributed by atoms with Gasteiger partial charge < -0.3 is 15.1 Å². The second kappa shape index (κ2) is 7.91. The van der Waals surface area contributed by atoms with Crippen LogP contribution < -0.4 is 10.2 Å². The summed E-state index contributed by atoms with van der Waals surface area (Å²) in [5, 5.41) is 3.01. The van der Waals surface area contributed by atoms with Gasteiger partial charge in [0.1, 0.15) is 0 Å². The maximum absolute atomic E-state index is 12.3. The number of nitrogens with zero attached hydrogens (tertiary/aromatic N) is 2. The lowest BCUT2D eigenvalue weighted by atomic mass is 10.2. The van der Waals surface area contributed by atoms with Crippen LogP contribution in [0.25, 0.3) is 0 Å². The lowest BCUT2D eigenvalue weighted by Gasteiger charge is -2.22. The van der Waals surface area contributed by atoms with Crippen molar-refractivity contribution in [3.8, 4) is 0 Å². The van der Waals surface area contributed by atoms with E-state index in [1.807, 2.05) is 17.0 Å². The fraction of sp³-hybridized carbons (Fsp3) is 0.588. The van der Waals surface area contributed by atoms with Gasteiger partial charge in [0.05, 0.1) is 0 Å². The number of rotatable bonds is 4. The zero-order valence-electron chi connectivity index (χ0n) is 13.3. The highest BCUT2D eigenvalue weighted by atomic mass is 16.2. The van der Waals surface area contributed by atoms with Crippen molar-refractivity contribution >= 4 is 17.4 Å². The molecule has 1 aromatic rings. The number of carbonyl (C=O) groups is 1. The van der Waals surface area contributed by atoms with E-state index in [0.717, 1.165) is 44.7 Å². The first-order valence-electron chi connectivity index (χ1n) is 8.15. The van der Waals surface area contributed by atoms with Crippen LogP contribution in [0.4, 0.5) is 16.2 Å². The van der Waals surface area contributed by atoms with Crippen LogP contribution in [0.1, 0.15) is 39.5 Å². The summed E-state index contributed by atoms with van der Waals surface area (Å²) >= 11 is 0. The number of amides is 2. The number of urea groups is 1. The maximum atomic E-state index is 12.3. The van der Waals surface area contributed by atoms with Crippen molar-refractivity contribution in [3.05, 3.63) is 24.3 Å². The second-order valence-corrected chi connectivity index (χ2v) is 5.55. The molecule has 0 unspecified atom stereocenters. The summed E-state index contributed by atoms with van der Waals surface area (Å²) in [6, 6.07) is 8.16. The summed E-state index contributed by atoms with van der Waals surface area (Å²) in [5.74, 6) is 0. The number of hydrogen-bond donors (Lipinski definition) is 1. The molecule has 1 N–H and O–H groups in total. The molecule has 2 rings (SSSR count). The number of hydrogen-bond acceptors (Lipinski definition) is 2. The summed E-state index contributed by atoms with van der Waals surface area (Å²) in [7, 11) is 0. The van der Waals surface area contributed by atoms with Crippen molar-refractivity contribution in [3.63, 3.8) is 0 Å². The number of benzene rings is 1. The molecule has 116 valence electrons. The molecule has 1 aliphatic heterocycles. The number of likely N-dealkylation sites (tertiary alicyclic amines) is 1. The predicted molar refractivity (Wildman–Crippen MR) is 89.1 cm³/mol. The van der Waals surface area contributed by atoms with Crippen molar-refractivity contribution in [1.82, 2.24) is 4.90 Å². The Morgan fingerprint density at radius 1 is 1.05 bits per heavy atom. The molecule has 1 aromatic carbocycles. The Morgan fingerprint density at radius 3 is 2.14 bits per heavy atom. The third kappa shape index (κ3) is 4.38. The Hall–Kier alpha value is -1.71. The maximum Gasteiger partial charge on any atom is 0.321 e. The highest BCUT2D eigenvalue weighted by molar-refractivity contribution is 5.89. The zero-order chi connectivity index (χ0) is 15.1. The number of carbonyl (C=O) groups excluding carboxylic acids is 1. The van der Waals surface area contributed by atoms with Gasteiger partial charge in [-0.25, -0.2) is 4.79 Å². The summed E-state index contributed by atoms with van der Waals surface area (Å²) in [6.07, 6.45) is 4.72. The summed E-state index contributed by atoms with van der Waals surface area (Å²) in [4.78, 5) is 16.5. The zero-order valence-corrected chi connectivity index (χ0v) is 13.3. The lowest BCUT2D eigenvalue weighted by Crippen LogP contribution is -2.35. The van der Waals surface area contributed by atoms with Crippen LogP contribution in [0.3, 0.4) is 0 Å². The molecule has 0 saturated carbocycles. The molecule has 4 nitrogen and oxygen atoms in total. The molecular weight excluding hydrogens is 262 g/mol. The van der Waals surface area contributed by atoms with Crippen LogP contribution in [0, 0.1) is 0 Å². The van der Waals surface area contributed by atoms with E-state index in [1.165, 1.54) is 18.5 Å². The van der Waals surface area contributed by atoms with E-state index < -0.39 is 0 Å². The normalized spacial score (nSPS) is 15.4. The van der Waals surface area contributed by atoms with Gasteiger partial charge in [0.15, 0.2) is 0 Å². The third-order valence-electron chi connectivity index (χ3n) is 4.14. The van der Waals surface area contributed by atoms with Crippen LogP contribution in [0.5, 0.6) is 0 Å². The quantitative estimate of drug-likeness (QED) is 0.911. The minimum absolute atomic E-state index is 0.0347. The molecule has 1 aliphatic rings. The molecule has 21 heavy (non-hydrogen) atoms. The average molecular weight is 289 g/mol. The topological polar surface area (TPSA) is 35.6 Å². The van der Waals surface area contributed by atoms with Gasteiger partial charge in [-0.15, -0.1) is 0 Å². The highest BCUT2D eigenvalue weighted by Gasteiger charge is 2.15. The molecule has 1 fully saturated rings. The third-order valence-corrected chi connectivity index (χ3v) is 4.14. The van der Waals surface area contributed by atoms with Gasteiger partial charge in [-0.3, -0.25) is 0 Å². The monoisotopic (exact) mass is 289 g/mol. The standard InChI is InChI=1S/C17H27N3O/c1-3-19(4-2)16-11-9-15(10-12-16)18-17(21)20-13-7-5-6-8-14-20/h9-12H,3-8,13-14H2,1-2H3,(H,18,21). The van der Waals surface area contributed by atoms with Crippen LogP contribution in [0.2, 0.25) is 0 Å². The number of nitrogens with one attached hydrogen (secondary N) is 1. The summed E-state index contributed by atoms with van der Waals surface area (Å²) < 4.78 is 0. The van der Waals surface area contributed by atoms with E-state index in [0.29, 0.717) is 0 Å². The lowest BCUT2D eigenvalue weighted by molar-refractivity contribution is 0.214. The Balaban J connectivity index is 1.94. The van der Waals surface area contributed by atoms with Crippen LogP contribution in [-0.2, 0) is 0 Å². The first kappa shape index (κ1) is 15.7. The van der Waals surface area contributed by atoms with Crippen LogP contribution in [0.15, 0.2) is 24.3 Å². The molecule has 0 aliphatic carbocycles. The van der Waals surface area contributed by atoms with E-state index in [9.17, 15) is 4.79 Å². The Labute approximate surface area is 128 Å². The van der Waals surface area contributed by atoms with Crippen molar-refractivity contribution in [2.45, 2.75) is 39.5 Å². The summed E-state index contributed by atoms with van der Waals surface area (Å²) in [5.41, 5.74) is 2.08. The second-order valence-electron chi connectivity index (χ2n) is 5.55. The Morgan fingerprint density at radius 2 is 1.62 bits per heavy atom. The Bertz CT molecular complexity index is 432. The Kier molecular flexibility index (Phi) is 5.90. The largest absolute Gasteiger partial charge is 0.372 e. The molecule has 0 bridgehead atoms. The van der Waals surface area contributed by atoms with E-state index in [2.05, 4.69) is 36.2 Å². The van der Waals surface area contributed by atoms with Gasteiger partial charge in [0, 0.05) is 37.6 Å². The SMILES string of the molecule is CCN(CC)c1ccc(NC(=O)N2CCCCCC2)cc1. The molecular formula is C17H27N3O. The first-order chi connectivity index (χ1) is 10.2. The molecule has 2 amide bonds. The van der Waals surface area contributed by atoms with Gasteiger partial charge >= 0.3 is 6.03 Å². The van der Waals surface area contributed by atoms with E-state index in [-0.39, 0.29) is 6.03 Å². The molecule has 1 heterocycles. The van der Waals surface area contributed by atoms with E-state index in [1.54, 1.807) is 0 Å². The molecule has 0 atom stereocenters. The highest BCUT2D eigenvalue weighted by Crippen LogP contribution is 2.18. The average Bonchev–Trinajstić information content (AvgIpc) is 2.79. The van der Waals surface area contributed by atoms with Gasteiger partial charge in [-0.05, 0) is 51.0 Å². The van der Waals surface area contributed by atoms with Crippen molar-refractivity contribution in [2.75, 3.05) is 36.4 Å². The minimum Gasteiger partial charge on any atom is -0.372 e. The fourth-order valence-electron chi connectivity index (χ4n) is 2.82. The smallest absolute Gasteiger partial charge is 0.321 e. The first-order valence-corrected chi connectivity index (χ1v) is 8.15. The molecule has 0 spiro atoms. The molecule has 0 radical (unpaired) electrons. The van der Waals surface area contributed by atoms with Gasteiger partial charge in [0.25, 0.3) is 0 Å². The molecule has 0 aromatic heterocycles. The molecule has 1 saturated heterocycles. The van der Waals surface area contributed by atoms with Crippen molar-refractivity contribution in [1.29, 1.82) is 0 Å². The van der Waals surface area contributed by atoms with Crippen molar-refractivity contribution < 1.29 is 4.79 Å². The van der Waals surface area contributed by atoms with Crippen LogP contribution >= 0.6 is 0 Å². The van der Waals surface area contributed by atoms with Crippen molar-refractivity contribution in [2.24, 2.45) is 0 Å². The predicted octanol–water partition coefficient (Wildman–Crippen LogP) is 3.94. The van der Waals surface area contributed by atoms with Gasteiger partial charge in [-0.1, -0.05) is 12.8 Å². The number of anilines is 2. The summed E-state index contributed by atoms with van der Waals surface area (Å²) in [6.45, 7) is 8.05. The molecule has 4 heteroatoms.